The molecule has 2 aliphatic rings. The summed E-state index contributed by atoms with van der Waals surface area (Å²) in [6, 6.07) is 8.97. The van der Waals surface area contributed by atoms with E-state index in [1.807, 2.05) is 30.1 Å². The number of para-hydroxylation sites is 1. The molecule has 1 saturated heterocycles. The molecule has 1 aromatic rings. The first-order valence-electron chi connectivity index (χ1n) is 8.37. The molecule has 24 heavy (non-hydrogen) atoms. The van der Waals surface area contributed by atoms with Crippen molar-refractivity contribution in [2.45, 2.75) is 30.6 Å². The average molecular weight is 348 g/mol. The van der Waals surface area contributed by atoms with Gasteiger partial charge in [0.05, 0.1) is 6.04 Å². The maximum atomic E-state index is 13.4. The molecule has 1 aliphatic carbocycles. The fourth-order valence-corrected chi connectivity index (χ4v) is 5.81. The van der Waals surface area contributed by atoms with Crippen molar-refractivity contribution in [1.82, 2.24) is 10.2 Å². The fourth-order valence-electron chi connectivity index (χ4n) is 3.57. The zero-order chi connectivity index (χ0) is 17.4. The predicted octanol–water partition coefficient (Wildman–Crippen LogP) is 3.09. The zero-order valence-corrected chi connectivity index (χ0v) is 15.2. The Balaban J connectivity index is 1.79. The van der Waals surface area contributed by atoms with Crippen LogP contribution < -0.4 is 9.84 Å². The number of benzene rings is 1. The minimum absolute atomic E-state index is 0.0206. The molecule has 0 bridgehead atoms. The average Bonchev–Trinajstić information content (AvgIpc) is 3.11. The van der Waals surface area contributed by atoms with E-state index in [2.05, 4.69) is 11.9 Å². The molecule has 1 N–H and O–H groups in total. The normalized spacial score (nSPS) is 31.9. The van der Waals surface area contributed by atoms with Gasteiger partial charge in [-0.15, -0.1) is 6.58 Å². The highest BCUT2D eigenvalue weighted by Gasteiger charge is 2.65. The smallest absolute Gasteiger partial charge is 0.270 e. The van der Waals surface area contributed by atoms with Gasteiger partial charge in [-0.1, -0.05) is 24.3 Å². The van der Waals surface area contributed by atoms with E-state index < -0.39 is 12.6 Å². The van der Waals surface area contributed by atoms with Crippen LogP contribution in [0.25, 0.3) is 0 Å². The molecule has 3 rings (SSSR count). The van der Waals surface area contributed by atoms with Gasteiger partial charge in [-0.2, -0.15) is 0 Å². The molecular weight excluding hydrogens is 323 g/mol. The van der Waals surface area contributed by atoms with Gasteiger partial charge in [-0.3, -0.25) is 14.3 Å². The SMILES string of the molecule is C=CC1C[C@]1(NC(=O)C1CCCN1C)P(C)(=O)Oc1ccccc1. The van der Waals surface area contributed by atoms with Gasteiger partial charge in [0.15, 0.2) is 0 Å². The molecule has 6 heteroatoms. The highest BCUT2D eigenvalue weighted by atomic mass is 31.2. The molecule has 1 heterocycles. The number of nitrogens with zero attached hydrogens (tertiary/aromatic N) is 1. The summed E-state index contributed by atoms with van der Waals surface area (Å²) in [6.45, 7) is 6.35. The van der Waals surface area contributed by atoms with Gasteiger partial charge in [0.1, 0.15) is 11.0 Å². The maximum Gasteiger partial charge on any atom is 0.270 e. The van der Waals surface area contributed by atoms with Crippen molar-refractivity contribution in [3.8, 4) is 5.75 Å². The summed E-state index contributed by atoms with van der Waals surface area (Å²) in [4.78, 5) is 14.8. The second-order valence-electron chi connectivity index (χ2n) is 6.85. The highest BCUT2D eigenvalue weighted by molar-refractivity contribution is 7.60. The van der Waals surface area contributed by atoms with Crippen LogP contribution in [-0.4, -0.2) is 42.4 Å². The molecule has 4 atom stereocenters. The third kappa shape index (κ3) is 3.03. The van der Waals surface area contributed by atoms with Gasteiger partial charge >= 0.3 is 0 Å². The maximum absolute atomic E-state index is 13.4. The van der Waals surface area contributed by atoms with E-state index in [1.165, 1.54) is 0 Å². The number of hydrogen-bond donors (Lipinski definition) is 1. The Kier molecular flexibility index (Phi) is 4.58. The van der Waals surface area contributed by atoms with Crippen molar-refractivity contribution in [3.05, 3.63) is 43.0 Å². The van der Waals surface area contributed by atoms with Crippen LogP contribution in [0.2, 0.25) is 0 Å². The Morgan fingerprint density at radius 2 is 2.17 bits per heavy atom. The van der Waals surface area contributed by atoms with E-state index in [4.69, 9.17) is 4.52 Å². The zero-order valence-electron chi connectivity index (χ0n) is 14.3. The number of nitrogens with one attached hydrogen (secondary N) is 1. The summed E-state index contributed by atoms with van der Waals surface area (Å²) in [5.74, 6) is 0.482. The Hall–Kier alpha value is -1.58. The third-order valence-corrected chi connectivity index (χ3v) is 7.81. The molecular formula is C18H25N2O3P. The molecule has 130 valence electrons. The number of likely N-dealkylation sites (N-methyl/N-ethyl adjacent to an activating group) is 1. The van der Waals surface area contributed by atoms with Gasteiger partial charge in [0, 0.05) is 12.6 Å². The van der Waals surface area contributed by atoms with Crippen LogP contribution in [0.4, 0.5) is 0 Å². The minimum atomic E-state index is -3.11. The molecule has 1 amide bonds. The van der Waals surface area contributed by atoms with Crippen molar-refractivity contribution in [3.63, 3.8) is 0 Å². The lowest BCUT2D eigenvalue weighted by atomic mass is 10.2. The number of hydrogen-bond acceptors (Lipinski definition) is 4. The van der Waals surface area contributed by atoms with Crippen LogP contribution in [-0.2, 0) is 9.36 Å². The van der Waals surface area contributed by atoms with Crippen molar-refractivity contribution in [2.24, 2.45) is 5.92 Å². The summed E-state index contributed by atoms with van der Waals surface area (Å²) in [6.07, 6.45) is 4.23. The summed E-state index contributed by atoms with van der Waals surface area (Å²) in [5, 5.41) is 2.23. The van der Waals surface area contributed by atoms with Crippen LogP contribution in [0, 0.1) is 5.92 Å². The summed E-state index contributed by atoms with van der Waals surface area (Å²) in [7, 11) is -1.16. The largest absolute Gasteiger partial charge is 0.441 e. The molecule has 0 aromatic heterocycles. The summed E-state index contributed by atoms with van der Waals surface area (Å²) < 4.78 is 19.2. The highest BCUT2D eigenvalue weighted by Crippen LogP contribution is 2.69. The Bertz CT molecular complexity index is 678. The molecule has 0 radical (unpaired) electrons. The molecule has 1 aromatic carbocycles. The van der Waals surface area contributed by atoms with Gasteiger partial charge < -0.3 is 9.84 Å². The van der Waals surface area contributed by atoms with Crippen molar-refractivity contribution < 1.29 is 13.9 Å². The van der Waals surface area contributed by atoms with E-state index in [0.717, 1.165) is 19.4 Å². The number of amides is 1. The van der Waals surface area contributed by atoms with Crippen molar-refractivity contribution >= 4 is 13.3 Å². The van der Waals surface area contributed by atoms with E-state index in [1.54, 1.807) is 24.9 Å². The van der Waals surface area contributed by atoms with Gasteiger partial charge in [-0.05, 0) is 45.0 Å². The molecule has 1 aliphatic heterocycles. The van der Waals surface area contributed by atoms with E-state index >= 15 is 0 Å². The minimum Gasteiger partial charge on any atom is -0.441 e. The Labute approximate surface area is 143 Å². The van der Waals surface area contributed by atoms with E-state index in [9.17, 15) is 9.36 Å². The summed E-state index contributed by atoms with van der Waals surface area (Å²) >= 11 is 0. The molecule has 5 nitrogen and oxygen atoms in total. The van der Waals surface area contributed by atoms with Crippen LogP contribution >= 0.6 is 7.37 Å². The Morgan fingerprint density at radius 1 is 1.46 bits per heavy atom. The monoisotopic (exact) mass is 348 g/mol. The van der Waals surface area contributed by atoms with Gasteiger partial charge in [-0.25, -0.2) is 0 Å². The predicted molar refractivity (Wildman–Crippen MR) is 95.4 cm³/mol. The molecule has 2 fully saturated rings. The number of carbonyl (C=O) groups excluding carboxylic acids is 1. The van der Waals surface area contributed by atoms with Crippen LogP contribution in [0.15, 0.2) is 43.0 Å². The molecule has 1 saturated carbocycles. The topological polar surface area (TPSA) is 58.6 Å². The molecule has 3 unspecified atom stereocenters. The number of likely N-dealkylation sites (tertiary alicyclic amines) is 1. The third-order valence-electron chi connectivity index (χ3n) is 5.18. The lowest BCUT2D eigenvalue weighted by Crippen LogP contribution is -2.48. The van der Waals surface area contributed by atoms with E-state index in [-0.39, 0.29) is 17.9 Å². The van der Waals surface area contributed by atoms with Gasteiger partial charge in [0.25, 0.3) is 7.37 Å². The van der Waals surface area contributed by atoms with Crippen LogP contribution in [0.1, 0.15) is 19.3 Å². The molecule has 0 spiro atoms. The standard InChI is InChI=1S/C18H25N2O3P/c1-4-14-13-18(14,19-17(21)16-11-8-12-20(16)2)24(3,22)23-15-9-6-5-7-10-15/h4-7,9-10,14,16H,1,8,11-13H2,2-3H3,(H,19,21)/t14?,16?,18-,24?/m0/s1. The van der Waals surface area contributed by atoms with Gasteiger partial charge in [0.2, 0.25) is 5.91 Å². The van der Waals surface area contributed by atoms with Crippen LogP contribution in [0.3, 0.4) is 0 Å². The van der Waals surface area contributed by atoms with Crippen molar-refractivity contribution in [2.75, 3.05) is 20.3 Å². The first-order chi connectivity index (χ1) is 11.4. The number of carbonyl (C=O) groups is 1. The lowest BCUT2D eigenvalue weighted by Gasteiger charge is -2.29. The van der Waals surface area contributed by atoms with E-state index in [0.29, 0.717) is 12.2 Å². The first-order valence-corrected chi connectivity index (χ1v) is 10.4. The number of rotatable bonds is 6. The lowest BCUT2D eigenvalue weighted by molar-refractivity contribution is -0.125. The van der Waals surface area contributed by atoms with Crippen molar-refractivity contribution in [1.29, 1.82) is 0 Å². The first kappa shape index (κ1) is 17.2. The van der Waals surface area contributed by atoms with Crippen LogP contribution in [0.5, 0.6) is 5.75 Å². The quantitative estimate of drug-likeness (QED) is 0.634. The Morgan fingerprint density at radius 3 is 2.71 bits per heavy atom. The second kappa shape index (κ2) is 6.38. The second-order valence-corrected chi connectivity index (χ2v) is 9.52. The fraction of sp³-hybridized carbons (Fsp3) is 0.500. The summed E-state index contributed by atoms with van der Waals surface area (Å²) in [5.41, 5.74) is 0.